The third-order valence-electron chi connectivity index (χ3n) is 4.96. The number of furan rings is 1. The summed E-state index contributed by atoms with van der Waals surface area (Å²) in [4.78, 5) is 12.4. The molecule has 2 aromatic carbocycles. The summed E-state index contributed by atoms with van der Waals surface area (Å²) in [7, 11) is -1.99. The fraction of sp³-hybridized carbons (Fsp3) is 0.261. The number of nitrogens with zero attached hydrogens (tertiary/aromatic N) is 1. The highest BCUT2D eigenvalue weighted by atomic mass is 35.5. The second-order valence-electron chi connectivity index (χ2n) is 7.54. The van der Waals surface area contributed by atoms with Crippen molar-refractivity contribution in [1.29, 1.82) is 0 Å². The van der Waals surface area contributed by atoms with Crippen LogP contribution in [0.1, 0.15) is 19.6 Å². The first-order chi connectivity index (χ1) is 15.2. The third kappa shape index (κ3) is 5.91. The highest BCUT2D eigenvalue weighted by Gasteiger charge is 2.22. The molecule has 9 heteroatoms. The van der Waals surface area contributed by atoms with Crippen molar-refractivity contribution in [3.8, 4) is 11.3 Å². The number of sulfonamides is 1. The summed E-state index contributed by atoms with van der Waals surface area (Å²) in [6.07, 6.45) is 0. The Bertz CT molecular complexity index is 1160. The van der Waals surface area contributed by atoms with Gasteiger partial charge in [-0.25, -0.2) is 8.42 Å². The summed E-state index contributed by atoms with van der Waals surface area (Å²) in [6.45, 7) is 3.93. The van der Waals surface area contributed by atoms with Gasteiger partial charge in [0.2, 0.25) is 15.9 Å². The van der Waals surface area contributed by atoms with E-state index in [0.29, 0.717) is 22.2 Å². The van der Waals surface area contributed by atoms with Crippen molar-refractivity contribution in [2.24, 2.45) is 0 Å². The first-order valence-electron chi connectivity index (χ1n) is 10.1. The van der Waals surface area contributed by atoms with E-state index in [0.717, 1.165) is 5.56 Å². The van der Waals surface area contributed by atoms with Crippen molar-refractivity contribution >= 4 is 33.2 Å². The van der Waals surface area contributed by atoms with Crippen LogP contribution < -0.4 is 10.6 Å². The summed E-state index contributed by atoms with van der Waals surface area (Å²) in [6, 6.07) is 17.1. The lowest BCUT2D eigenvalue weighted by Crippen LogP contribution is -2.33. The van der Waals surface area contributed by atoms with Gasteiger partial charge in [0, 0.05) is 29.4 Å². The zero-order chi connectivity index (χ0) is 23.3. The van der Waals surface area contributed by atoms with E-state index < -0.39 is 10.0 Å². The third-order valence-corrected chi connectivity index (χ3v) is 7.26. The Balaban J connectivity index is 1.50. The Morgan fingerprint density at radius 3 is 2.31 bits per heavy atom. The van der Waals surface area contributed by atoms with Gasteiger partial charge < -0.3 is 15.1 Å². The number of benzene rings is 2. The second-order valence-corrected chi connectivity index (χ2v) is 9.98. The van der Waals surface area contributed by atoms with Crippen LogP contribution in [0.4, 0.5) is 5.69 Å². The molecule has 3 rings (SSSR count). The number of nitrogens with one attached hydrogen (secondary N) is 2. The van der Waals surface area contributed by atoms with E-state index in [1.54, 1.807) is 31.3 Å². The lowest BCUT2D eigenvalue weighted by atomic mass is 10.2. The Morgan fingerprint density at radius 2 is 1.69 bits per heavy atom. The minimum atomic E-state index is -3.54. The van der Waals surface area contributed by atoms with Gasteiger partial charge in [-0.2, -0.15) is 4.31 Å². The van der Waals surface area contributed by atoms with Gasteiger partial charge in [-0.05, 0) is 74.5 Å². The van der Waals surface area contributed by atoms with Gasteiger partial charge >= 0.3 is 0 Å². The van der Waals surface area contributed by atoms with Crippen molar-refractivity contribution in [1.82, 2.24) is 9.62 Å². The van der Waals surface area contributed by atoms with E-state index >= 15 is 0 Å². The number of hydrogen-bond acceptors (Lipinski definition) is 5. The monoisotopic (exact) mass is 475 g/mol. The van der Waals surface area contributed by atoms with E-state index in [1.807, 2.05) is 38.1 Å². The molecule has 7 nitrogen and oxygen atoms in total. The predicted octanol–water partition coefficient (Wildman–Crippen LogP) is 4.36. The SMILES string of the molecule is CC(C)N(C)S(=O)(=O)c1ccc(NCC(=O)NCc2ccc(-c3ccc(Cl)cc3)o2)cc1. The molecule has 2 N–H and O–H groups in total. The minimum absolute atomic E-state index is 0.0444. The molecule has 1 aromatic heterocycles. The van der Waals surface area contributed by atoms with Crippen LogP contribution >= 0.6 is 11.6 Å². The van der Waals surface area contributed by atoms with Crippen LogP contribution in [0.2, 0.25) is 5.02 Å². The molecule has 0 unspecified atom stereocenters. The molecular formula is C23H26ClN3O4S. The number of anilines is 1. The zero-order valence-electron chi connectivity index (χ0n) is 18.1. The maximum absolute atomic E-state index is 12.5. The number of halogens is 1. The maximum Gasteiger partial charge on any atom is 0.243 e. The molecule has 0 saturated heterocycles. The molecule has 3 aromatic rings. The van der Waals surface area contributed by atoms with Crippen LogP contribution in [0.25, 0.3) is 11.3 Å². The van der Waals surface area contributed by atoms with E-state index in [2.05, 4.69) is 10.6 Å². The summed E-state index contributed by atoms with van der Waals surface area (Å²) < 4.78 is 32.1. The average Bonchev–Trinajstić information content (AvgIpc) is 3.25. The van der Waals surface area contributed by atoms with Gasteiger partial charge in [-0.15, -0.1) is 0 Å². The molecule has 0 spiro atoms. The molecule has 0 saturated carbocycles. The van der Waals surface area contributed by atoms with E-state index in [9.17, 15) is 13.2 Å². The number of carbonyl (C=O) groups is 1. The van der Waals surface area contributed by atoms with Crippen LogP contribution in [-0.4, -0.2) is 38.3 Å². The van der Waals surface area contributed by atoms with E-state index in [4.69, 9.17) is 16.0 Å². The van der Waals surface area contributed by atoms with Gasteiger partial charge in [0.15, 0.2) is 0 Å². The van der Waals surface area contributed by atoms with Gasteiger partial charge in [0.1, 0.15) is 11.5 Å². The van der Waals surface area contributed by atoms with Gasteiger partial charge in [-0.1, -0.05) is 11.6 Å². The first kappa shape index (κ1) is 23.8. The standard InChI is InChI=1S/C23H26ClN3O4S/c1-16(2)27(3)32(29,30)21-11-8-19(9-12-21)25-15-23(28)26-14-20-10-13-22(31-20)17-4-6-18(24)7-5-17/h4-13,16,25H,14-15H2,1-3H3,(H,26,28). The average molecular weight is 476 g/mol. The largest absolute Gasteiger partial charge is 0.459 e. The van der Waals surface area contributed by atoms with Crippen molar-refractivity contribution in [3.05, 3.63) is 71.4 Å². The van der Waals surface area contributed by atoms with Crippen LogP contribution in [0.3, 0.4) is 0 Å². The lowest BCUT2D eigenvalue weighted by Gasteiger charge is -2.21. The fourth-order valence-electron chi connectivity index (χ4n) is 2.86. The molecule has 170 valence electrons. The van der Waals surface area contributed by atoms with Crippen molar-refractivity contribution < 1.29 is 17.6 Å². The molecule has 1 amide bonds. The highest BCUT2D eigenvalue weighted by molar-refractivity contribution is 7.89. The molecule has 1 heterocycles. The van der Waals surface area contributed by atoms with E-state index in [-0.39, 0.29) is 29.9 Å². The fourth-order valence-corrected chi connectivity index (χ4v) is 4.35. The quantitative estimate of drug-likeness (QED) is 0.480. The molecule has 0 bridgehead atoms. The maximum atomic E-state index is 12.5. The Labute approximate surface area is 193 Å². The number of rotatable bonds is 9. The van der Waals surface area contributed by atoms with Crippen LogP contribution in [0, 0.1) is 0 Å². The Kier molecular flexibility index (Phi) is 7.60. The summed E-state index contributed by atoms with van der Waals surface area (Å²) >= 11 is 5.90. The number of carbonyl (C=O) groups excluding carboxylic acids is 1. The van der Waals surface area contributed by atoms with Gasteiger partial charge in [0.25, 0.3) is 0 Å². The Morgan fingerprint density at radius 1 is 1.03 bits per heavy atom. The highest BCUT2D eigenvalue weighted by Crippen LogP contribution is 2.24. The first-order valence-corrected chi connectivity index (χ1v) is 11.9. The number of amides is 1. The molecule has 0 aliphatic carbocycles. The minimum Gasteiger partial charge on any atom is -0.459 e. The topological polar surface area (TPSA) is 91.7 Å². The molecule has 0 atom stereocenters. The summed E-state index contributed by atoms with van der Waals surface area (Å²) in [5, 5.41) is 6.42. The van der Waals surface area contributed by atoms with Gasteiger partial charge in [0.05, 0.1) is 18.0 Å². The number of hydrogen-bond donors (Lipinski definition) is 2. The van der Waals surface area contributed by atoms with Crippen molar-refractivity contribution in [2.75, 3.05) is 18.9 Å². The van der Waals surface area contributed by atoms with Crippen LogP contribution in [0.5, 0.6) is 0 Å². The van der Waals surface area contributed by atoms with Gasteiger partial charge in [-0.3, -0.25) is 4.79 Å². The second kappa shape index (κ2) is 10.2. The lowest BCUT2D eigenvalue weighted by molar-refractivity contribution is -0.119. The molecule has 0 fully saturated rings. The molecule has 0 aliphatic heterocycles. The van der Waals surface area contributed by atoms with Crippen LogP contribution in [0.15, 0.2) is 70.0 Å². The molecular weight excluding hydrogens is 450 g/mol. The van der Waals surface area contributed by atoms with Crippen LogP contribution in [-0.2, 0) is 21.4 Å². The van der Waals surface area contributed by atoms with E-state index in [1.165, 1.54) is 16.4 Å². The predicted molar refractivity (Wildman–Crippen MR) is 126 cm³/mol. The smallest absolute Gasteiger partial charge is 0.243 e. The molecule has 0 radical (unpaired) electrons. The van der Waals surface area contributed by atoms with Crippen molar-refractivity contribution in [2.45, 2.75) is 31.3 Å². The molecule has 32 heavy (non-hydrogen) atoms. The Hall–Kier alpha value is -2.81. The molecule has 0 aliphatic rings. The summed E-state index contributed by atoms with van der Waals surface area (Å²) in [5.41, 5.74) is 1.55. The zero-order valence-corrected chi connectivity index (χ0v) is 19.7. The normalized spacial score (nSPS) is 11.7. The van der Waals surface area contributed by atoms with Crippen molar-refractivity contribution in [3.63, 3.8) is 0 Å². The summed E-state index contributed by atoms with van der Waals surface area (Å²) in [5.74, 6) is 1.11.